The summed E-state index contributed by atoms with van der Waals surface area (Å²) in [5, 5.41) is 12.2. The van der Waals surface area contributed by atoms with Gasteiger partial charge in [0.1, 0.15) is 18.2 Å². The van der Waals surface area contributed by atoms with Crippen LogP contribution in [0.2, 0.25) is 0 Å². The number of nitrogens with zero attached hydrogens (tertiary/aromatic N) is 2. The van der Waals surface area contributed by atoms with E-state index in [0.29, 0.717) is 42.0 Å². The van der Waals surface area contributed by atoms with Crippen LogP contribution in [0.25, 0.3) is 11.3 Å². The number of carbonyl (C=O) groups is 2. The van der Waals surface area contributed by atoms with Crippen molar-refractivity contribution in [2.45, 2.75) is 64.4 Å². The summed E-state index contributed by atoms with van der Waals surface area (Å²) >= 11 is 1.54. The summed E-state index contributed by atoms with van der Waals surface area (Å²) in [6.45, 7) is 3.90. The first-order valence-electron chi connectivity index (χ1n) is 13.4. The van der Waals surface area contributed by atoms with Crippen molar-refractivity contribution in [1.82, 2.24) is 9.88 Å². The second-order valence-electron chi connectivity index (χ2n) is 10.4. The number of piperidine rings is 1. The molecule has 2 aliphatic rings. The first-order valence-corrected chi connectivity index (χ1v) is 14.3. The van der Waals surface area contributed by atoms with Gasteiger partial charge in [0.15, 0.2) is 0 Å². The van der Waals surface area contributed by atoms with E-state index in [1.54, 1.807) is 6.07 Å². The lowest BCUT2D eigenvalue weighted by atomic mass is 9.82. The molecule has 1 aromatic heterocycles. The molecule has 2 fully saturated rings. The molecular formula is C30H33FN2O4S. The summed E-state index contributed by atoms with van der Waals surface area (Å²) in [6.07, 6.45) is 6.21. The van der Waals surface area contributed by atoms with Gasteiger partial charge in [-0.05, 0) is 93.3 Å². The topological polar surface area (TPSA) is 79.7 Å². The maximum atomic E-state index is 14.2. The molecule has 0 radical (unpaired) electrons. The van der Waals surface area contributed by atoms with Gasteiger partial charge in [-0.2, -0.15) is 0 Å². The Labute approximate surface area is 226 Å². The third-order valence-electron chi connectivity index (χ3n) is 7.78. The number of aliphatic carboxylic acids is 1. The van der Waals surface area contributed by atoms with Gasteiger partial charge in [-0.15, -0.1) is 11.3 Å². The lowest BCUT2D eigenvalue weighted by Gasteiger charge is -2.27. The SMILES string of the molecule is Cc1cc(C(=O)N2CCCCC2)ccc1COc1ccc(F)cc1-c1csc([C@H]2CC[C@@H](C(=O)O)CC2)n1. The summed E-state index contributed by atoms with van der Waals surface area (Å²) in [5.41, 5.74) is 3.90. The molecule has 2 heterocycles. The number of likely N-dealkylation sites (tertiary alicyclic amines) is 1. The Balaban J connectivity index is 1.28. The van der Waals surface area contributed by atoms with Crippen LogP contribution in [0.15, 0.2) is 41.8 Å². The van der Waals surface area contributed by atoms with Crippen molar-refractivity contribution in [2.24, 2.45) is 5.92 Å². The molecule has 0 atom stereocenters. The van der Waals surface area contributed by atoms with Gasteiger partial charge in [0.25, 0.3) is 5.91 Å². The Hall–Kier alpha value is -3.26. The zero-order chi connectivity index (χ0) is 26.6. The molecule has 1 saturated carbocycles. The number of halogens is 1. The molecule has 8 heteroatoms. The lowest BCUT2D eigenvalue weighted by molar-refractivity contribution is -0.142. The monoisotopic (exact) mass is 536 g/mol. The highest BCUT2D eigenvalue weighted by Gasteiger charge is 2.28. The fourth-order valence-corrected chi connectivity index (χ4v) is 6.43. The van der Waals surface area contributed by atoms with Gasteiger partial charge in [0.05, 0.1) is 16.6 Å². The molecule has 6 nitrogen and oxygen atoms in total. The standard InChI is InChI=1S/C30H33FN2O4S/c1-19-15-22(29(34)33-13-3-2-4-14-33)9-10-23(19)17-37-27-12-11-24(31)16-25(27)26-18-38-28(32-26)20-5-7-21(8-6-20)30(35)36/h9-12,15-16,18,20-21H,2-8,13-14,17H2,1H3,(H,35,36)/t20-,21+. The number of carboxylic acid groups (broad SMARTS) is 1. The van der Waals surface area contributed by atoms with Gasteiger partial charge < -0.3 is 14.7 Å². The second-order valence-corrected chi connectivity index (χ2v) is 11.3. The Morgan fingerprint density at radius 2 is 1.84 bits per heavy atom. The van der Waals surface area contributed by atoms with Crippen LogP contribution >= 0.6 is 11.3 Å². The number of hydrogen-bond donors (Lipinski definition) is 1. The highest BCUT2D eigenvalue weighted by molar-refractivity contribution is 7.10. The highest BCUT2D eigenvalue weighted by atomic mass is 32.1. The van der Waals surface area contributed by atoms with E-state index in [9.17, 15) is 19.1 Å². The normalized spacial score (nSPS) is 19.8. The minimum Gasteiger partial charge on any atom is -0.488 e. The molecule has 1 aliphatic carbocycles. The maximum absolute atomic E-state index is 14.2. The fraction of sp³-hybridized carbons (Fsp3) is 0.433. The predicted molar refractivity (Wildman–Crippen MR) is 145 cm³/mol. The number of carboxylic acids is 1. The molecule has 0 spiro atoms. The Kier molecular flexibility index (Phi) is 8.07. The van der Waals surface area contributed by atoms with E-state index in [4.69, 9.17) is 9.72 Å². The number of aromatic nitrogens is 1. The van der Waals surface area contributed by atoms with Crippen molar-refractivity contribution in [3.63, 3.8) is 0 Å². The van der Waals surface area contributed by atoms with Crippen LogP contribution < -0.4 is 4.74 Å². The summed E-state index contributed by atoms with van der Waals surface area (Å²) in [7, 11) is 0. The quantitative estimate of drug-likeness (QED) is 0.358. The van der Waals surface area contributed by atoms with Crippen LogP contribution in [-0.4, -0.2) is 40.0 Å². The average molecular weight is 537 g/mol. The minimum absolute atomic E-state index is 0.0804. The van der Waals surface area contributed by atoms with E-state index in [-0.39, 0.29) is 23.6 Å². The summed E-state index contributed by atoms with van der Waals surface area (Å²) < 4.78 is 20.4. The third-order valence-corrected chi connectivity index (χ3v) is 8.79. The molecule has 38 heavy (non-hydrogen) atoms. The highest BCUT2D eigenvalue weighted by Crippen LogP contribution is 2.40. The summed E-state index contributed by atoms with van der Waals surface area (Å²) in [5.74, 6) is -0.489. The summed E-state index contributed by atoms with van der Waals surface area (Å²) in [4.78, 5) is 30.9. The lowest BCUT2D eigenvalue weighted by Crippen LogP contribution is -2.35. The number of carbonyl (C=O) groups excluding carboxylic acids is 1. The van der Waals surface area contributed by atoms with Crippen LogP contribution in [0.3, 0.4) is 0 Å². The van der Waals surface area contributed by atoms with Crippen molar-refractivity contribution in [3.8, 4) is 17.0 Å². The molecule has 5 rings (SSSR count). The molecule has 200 valence electrons. The molecule has 2 aromatic carbocycles. The van der Waals surface area contributed by atoms with Crippen LogP contribution in [0, 0.1) is 18.7 Å². The first kappa shape index (κ1) is 26.4. The van der Waals surface area contributed by atoms with Gasteiger partial charge in [0.2, 0.25) is 0 Å². The predicted octanol–water partition coefficient (Wildman–Crippen LogP) is 6.82. The second kappa shape index (κ2) is 11.6. The fourth-order valence-electron chi connectivity index (χ4n) is 5.44. The zero-order valence-corrected chi connectivity index (χ0v) is 22.4. The molecule has 1 amide bonds. The van der Waals surface area contributed by atoms with E-state index in [1.165, 1.54) is 29.9 Å². The molecule has 1 N–H and O–H groups in total. The van der Waals surface area contributed by atoms with Gasteiger partial charge >= 0.3 is 5.97 Å². The van der Waals surface area contributed by atoms with E-state index in [1.807, 2.05) is 35.4 Å². The Morgan fingerprint density at radius 1 is 1.08 bits per heavy atom. The van der Waals surface area contributed by atoms with Crippen LogP contribution in [0.4, 0.5) is 4.39 Å². The number of thiazole rings is 1. The number of ether oxygens (including phenoxy) is 1. The maximum Gasteiger partial charge on any atom is 0.306 e. The van der Waals surface area contributed by atoms with Crippen LogP contribution in [-0.2, 0) is 11.4 Å². The molecule has 0 unspecified atom stereocenters. The molecular weight excluding hydrogens is 503 g/mol. The van der Waals surface area contributed by atoms with Gasteiger partial charge in [0, 0.05) is 35.5 Å². The van der Waals surface area contributed by atoms with E-state index >= 15 is 0 Å². The van der Waals surface area contributed by atoms with Crippen LogP contribution in [0.5, 0.6) is 5.75 Å². The van der Waals surface area contributed by atoms with Crippen LogP contribution in [0.1, 0.15) is 77.4 Å². The largest absolute Gasteiger partial charge is 0.488 e. The molecule has 1 aliphatic heterocycles. The van der Waals surface area contributed by atoms with Gasteiger partial charge in [-0.1, -0.05) is 6.07 Å². The van der Waals surface area contributed by atoms with Crippen molar-refractivity contribution < 1.29 is 23.8 Å². The number of hydrogen-bond acceptors (Lipinski definition) is 5. The Bertz CT molecular complexity index is 1310. The zero-order valence-electron chi connectivity index (χ0n) is 21.6. The molecule has 3 aromatic rings. The third kappa shape index (κ3) is 5.90. The first-order chi connectivity index (χ1) is 18.4. The summed E-state index contributed by atoms with van der Waals surface area (Å²) in [6, 6.07) is 10.2. The van der Waals surface area contributed by atoms with Gasteiger partial charge in [-0.3, -0.25) is 9.59 Å². The van der Waals surface area contributed by atoms with E-state index in [0.717, 1.165) is 54.9 Å². The number of amides is 1. The number of aryl methyl sites for hydroxylation is 1. The van der Waals surface area contributed by atoms with Crippen molar-refractivity contribution in [1.29, 1.82) is 0 Å². The average Bonchev–Trinajstić information content (AvgIpc) is 3.43. The smallest absolute Gasteiger partial charge is 0.306 e. The number of benzene rings is 2. The van der Waals surface area contributed by atoms with Crippen molar-refractivity contribution in [3.05, 3.63) is 69.3 Å². The number of rotatable bonds is 7. The molecule has 0 bridgehead atoms. The van der Waals surface area contributed by atoms with Gasteiger partial charge in [-0.25, -0.2) is 9.37 Å². The van der Waals surface area contributed by atoms with Crippen molar-refractivity contribution in [2.75, 3.05) is 13.1 Å². The van der Waals surface area contributed by atoms with Crippen molar-refractivity contribution >= 4 is 23.2 Å². The minimum atomic E-state index is -0.719. The van der Waals surface area contributed by atoms with E-state index in [2.05, 4.69) is 0 Å². The molecule has 1 saturated heterocycles. The van der Waals surface area contributed by atoms with E-state index < -0.39 is 5.97 Å². The Morgan fingerprint density at radius 3 is 2.55 bits per heavy atom.